The van der Waals surface area contributed by atoms with E-state index < -0.39 is 4.92 Å². The van der Waals surface area contributed by atoms with Gasteiger partial charge in [0.05, 0.1) is 16.0 Å². The molecule has 0 aliphatic carbocycles. The van der Waals surface area contributed by atoms with Gasteiger partial charge in [0.25, 0.3) is 5.69 Å². The Morgan fingerprint density at radius 1 is 0.963 bits per heavy atom. The molecule has 0 saturated carbocycles. The second kappa shape index (κ2) is 7.29. The third-order valence-corrected chi connectivity index (χ3v) is 4.24. The van der Waals surface area contributed by atoms with E-state index in [0.717, 1.165) is 22.7 Å². The summed E-state index contributed by atoms with van der Waals surface area (Å²) in [4.78, 5) is 18.2. The van der Waals surface area contributed by atoms with E-state index in [9.17, 15) is 10.1 Å². The lowest BCUT2D eigenvalue weighted by Gasteiger charge is -2.07. The molecule has 0 atom stereocenters. The molecule has 0 saturated heterocycles. The second-order valence-corrected chi connectivity index (χ2v) is 6.24. The molecule has 1 heterocycles. The molecule has 134 valence electrons. The van der Waals surface area contributed by atoms with Crippen molar-refractivity contribution in [2.45, 2.75) is 13.0 Å². The topological polar surface area (TPSA) is 81.1 Å². The zero-order chi connectivity index (χ0) is 18.6. The summed E-state index contributed by atoms with van der Waals surface area (Å²) >= 11 is 0. The third-order valence-electron chi connectivity index (χ3n) is 4.24. The lowest BCUT2D eigenvalue weighted by atomic mass is 10.1. The lowest BCUT2D eigenvalue weighted by molar-refractivity contribution is -0.384. The average Bonchev–Trinajstić information content (AvgIpc) is 3.09. The molecule has 0 amide bonds. The summed E-state index contributed by atoms with van der Waals surface area (Å²) in [5.41, 5.74) is 3.59. The number of nitrogens with one attached hydrogen (secondary N) is 1. The molecule has 0 bridgehead atoms. The van der Waals surface area contributed by atoms with E-state index in [1.54, 1.807) is 6.07 Å². The van der Waals surface area contributed by atoms with Crippen LogP contribution in [0.25, 0.3) is 11.0 Å². The highest BCUT2D eigenvalue weighted by atomic mass is 16.6. The summed E-state index contributed by atoms with van der Waals surface area (Å²) in [5.74, 6) is 1.55. The van der Waals surface area contributed by atoms with Crippen LogP contribution in [0.2, 0.25) is 0 Å². The standard InChI is InChI=1S/C21H17N3O3/c25-24(26)17-9-10-19-20(13-17)23-21(22-19)12-16-7-4-8-18(11-16)27-14-15-5-2-1-3-6-15/h1-11,13H,12,14H2,(H,22,23). The maximum Gasteiger partial charge on any atom is 0.271 e. The minimum atomic E-state index is -0.409. The molecule has 4 rings (SSSR count). The van der Waals surface area contributed by atoms with Crippen molar-refractivity contribution in [3.63, 3.8) is 0 Å². The number of non-ortho nitro benzene ring substituents is 1. The van der Waals surface area contributed by atoms with Crippen molar-refractivity contribution in [2.24, 2.45) is 0 Å². The fraction of sp³-hybridized carbons (Fsp3) is 0.0952. The maximum absolute atomic E-state index is 10.9. The summed E-state index contributed by atoms with van der Waals surface area (Å²) in [5, 5.41) is 10.9. The summed E-state index contributed by atoms with van der Waals surface area (Å²) in [6, 6.07) is 22.5. The van der Waals surface area contributed by atoms with Crippen molar-refractivity contribution >= 4 is 16.7 Å². The number of nitrogens with zero attached hydrogens (tertiary/aromatic N) is 2. The van der Waals surface area contributed by atoms with Gasteiger partial charge in [-0.15, -0.1) is 0 Å². The first-order valence-electron chi connectivity index (χ1n) is 8.56. The van der Waals surface area contributed by atoms with Gasteiger partial charge in [0.2, 0.25) is 0 Å². The fourth-order valence-corrected chi connectivity index (χ4v) is 2.93. The van der Waals surface area contributed by atoms with Gasteiger partial charge in [0.15, 0.2) is 0 Å². The zero-order valence-corrected chi connectivity index (χ0v) is 14.5. The molecule has 3 aromatic carbocycles. The van der Waals surface area contributed by atoms with E-state index in [0.29, 0.717) is 24.1 Å². The molecular formula is C21H17N3O3. The fourth-order valence-electron chi connectivity index (χ4n) is 2.93. The Morgan fingerprint density at radius 2 is 1.78 bits per heavy atom. The Labute approximate surface area is 155 Å². The Kier molecular flexibility index (Phi) is 4.53. The Morgan fingerprint density at radius 3 is 2.59 bits per heavy atom. The van der Waals surface area contributed by atoms with Gasteiger partial charge in [-0.3, -0.25) is 10.1 Å². The third kappa shape index (κ3) is 3.95. The number of nitro groups is 1. The van der Waals surface area contributed by atoms with E-state index in [1.165, 1.54) is 12.1 Å². The van der Waals surface area contributed by atoms with E-state index in [-0.39, 0.29) is 5.69 Å². The molecule has 0 radical (unpaired) electrons. The highest BCUT2D eigenvalue weighted by Gasteiger charge is 2.10. The molecule has 0 unspecified atom stereocenters. The number of hydrogen-bond donors (Lipinski definition) is 1. The molecular weight excluding hydrogens is 342 g/mol. The number of hydrogen-bond acceptors (Lipinski definition) is 4. The van der Waals surface area contributed by atoms with Gasteiger partial charge in [-0.25, -0.2) is 4.98 Å². The maximum atomic E-state index is 10.9. The first kappa shape index (κ1) is 16.8. The van der Waals surface area contributed by atoms with Crippen LogP contribution in [-0.4, -0.2) is 14.9 Å². The minimum Gasteiger partial charge on any atom is -0.489 e. The molecule has 0 fully saturated rings. The van der Waals surface area contributed by atoms with Crippen molar-refractivity contribution in [3.05, 3.63) is 99.9 Å². The Hall–Kier alpha value is -3.67. The van der Waals surface area contributed by atoms with Gasteiger partial charge in [-0.05, 0) is 29.3 Å². The van der Waals surface area contributed by atoms with E-state index in [1.807, 2.05) is 54.6 Å². The first-order valence-corrected chi connectivity index (χ1v) is 8.56. The second-order valence-electron chi connectivity index (χ2n) is 6.24. The van der Waals surface area contributed by atoms with Gasteiger partial charge in [0.1, 0.15) is 18.2 Å². The van der Waals surface area contributed by atoms with Crippen molar-refractivity contribution in [1.29, 1.82) is 0 Å². The number of ether oxygens (including phenoxy) is 1. The van der Waals surface area contributed by atoms with Crippen LogP contribution in [0.5, 0.6) is 5.75 Å². The predicted octanol–water partition coefficient (Wildman–Crippen LogP) is 4.64. The Bertz CT molecular complexity index is 1090. The molecule has 0 aliphatic rings. The van der Waals surface area contributed by atoms with Crippen molar-refractivity contribution in [2.75, 3.05) is 0 Å². The first-order chi connectivity index (χ1) is 13.2. The summed E-state index contributed by atoms with van der Waals surface area (Å²) in [6.45, 7) is 0.512. The number of imidazole rings is 1. The van der Waals surface area contributed by atoms with E-state index in [4.69, 9.17) is 4.74 Å². The van der Waals surface area contributed by atoms with Gasteiger partial charge >= 0.3 is 0 Å². The highest BCUT2D eigenvalue weighted by molar-refractivity contribution is 5.77. The van der Waals surface area contributed by atoms with Crippen LogP contribution in [-0.2, 0) is 13.0 Å². The number of aromatic nitrogens is 2. The monoisotopic (exact) mass is 359 g/mol. The van der Waals surface area contributed by atoms with Crippen LogP contribution >= 0.6 is 0 Å². The number of nitro benzene ring substituents is 1. The van der Waals surface area contributed by atoms with Crippen LogP contribution in [0.4, 0.5) is 5.69 Å². The van der Waals surface area contributed by atoms with Crippen molar-refractivity contribution in [3.8, 4) is 5.75 Å². The number of fused-ring (bicyclic) bond motifs is 1. The molecule has 0 aliphatic heterocycles. The average molecular weight is 359 g/mol. The van der Waals surface area contributed by atoms with Crippen LogP contribution in [0.1, 0.15) is 17.0 Å². The van der Waals surface area contributed by atoms with E-state index in [2.05, 4.69) is 9.97 Å². The zero-order valence-electron chi connectivity index (χ0n) is 14.5. The van der Waals surface area contributed by atoms with Crippen LogP contribution in [0.3, 0.4) is 0 Å². The number of rotatable bonds is 6. The molecule has 6 heteroatoms. The van der Waals surface area contributed by atoms with Crippen LogP contribution in [0.15, 0.2) is 72.8 Å². The smallest absolute Gasteiger partial charge is 0.271 e. The number of H-pyrrole nitrogens is 1. The molecule has 27 heavy (non-hydrogen) atoms. The van der Waals surface area contributed by atoms with Crippen LogP contribution in [0, 0.1) is 10.1 Å². The number of benzene rings is 3. The molecule has 0 spiro atoms. The minimum absolute atomic E-state index is 0.0500. The van der Waals surface area contributed by atoms with Crippen LogP contribution < -0.4 is 4.74 Å². The lowest BCUT2D eigenvalue weighted by Crippen LogP contribution is -1.96. The van der Waals surface area contributed by atoms with Gasteiger partial charge in [-0.2, -0.15) is 0 Å². The Balaban J connectivity index is 1.49. The molecule has 1 aromatic heterocycles. The summed E-state index contributed by atoms with van der Waals surface area (Å²) in [6.07, 6.45) is 0.588. The van der Waals surface area contributed by atoms with Crippen molar-refractivity contribution in [1.82, 2.24) is 9.97 Å². The highest BCUT2D eigenvalue weighted by Crippen LogP contribution is 2.21. The van der Waals surface area contributed by atoms with Gasteiger partial charge in [-0.1, -0.05) is 42.5 Å². The van der Waals surface area contributed by atoms with Gasteiger partial charge < -0.3 is 9.72 Å². The predicted molar refractivity (Wildman–Crippen MR) is 103 cm³/mol. The van der Waals surface area contributed by atoms with E-state index >= 15 is 0 Å². The molecule has 4 aromatic rings. The summed E-state index contributed by atoms with van der Waals surface area (Å²) < 4.78 is 5.87. The molecule has 1 N–H and O–H groups in total. The summed E-state index contributed by atoms with van der Waals surface area (Å²) in [7, 11) is 0. The molecule has 6 nitrogen and oxygen atoms in total. The van der Waals surface area contributed by atoms with Crippen molar-refractivity contribution < 1.29 is 9.66 Å². The normalized spacial score (nSPS) is 10.8. The quantitative estimate of drug-likeness (QED) is 0.402. The number of aromatic amines is 1. The SMILES string of the molecule is O=[N+]([O-])c1ccc2nc(Cc3cccc(OCc4ccccc4)c3)[nH]c2c1. The largest absolute Gasteiger partial charge is 0.489 e. The van der Waals surface area contributed by atoms with Gasteiger partial charge in [0, 0.05) is 18.6 Å².